The van der Waals surface area contributed by atoms with E-state index < -0.39 is 0 Å². The molecule has 0 N–H and O–H groups in total. The van der Waals surface area contributed by atoms with E-state index in [0.717, 1.165) is 22.2 Å². The number of aromatic nitrogens is 1. The van der Waals surface area contributed by atoms with Gasteiger partial charge in [0.1, 0.15) is 0 Å². The second-order valence-corrected chi connectivity index (χ2v) is 7.51. The molecular weight excluding hydrogens is 274 g/mol. The van der Waals surface area contributed by atoms with Gasteiger partial charge >= 0.3 is 0 Å². The molecule has 4 aliphatic rings. The Morgan fingerprint density at radius 3 is 2.12 bits per heavy atom. The molecule has 0 aliphatic heterocycles. The van der Waals surface area contributed by atoms with Crippen molar-refractivity contribution in [2.75, 3.05) is 0 Å². The Labute approximate surface area is 111 Å². The predicted octanol–water partition coefficient (Wildman–Crippen LogP) is 4.31. The van der Waals surface area contributed by atoms with Crippen molar-refractivity contribution in [3.8, 4) is 0 Å². The molecule has 4 aliphatic carbocycles. The first-order valence-electron chi connectivity index (χ1n) is 6.84. The van der Waals surface area contributed by atoms with Gasteiger partial charge in [-0.25, -0.2) is 0 Å². The lowest BCUT2D eigenvalue weighted by atomic mass is 9.48. The van der Waals surface area contributed by atoms with Crippen molar-refractivity contribution in [1.29, 1.82) is 0 Å². The molecular formula is C15H18BrN. The van der Waals surface area contributed by atoms with Crippen LogP contribution in [0, 0.1) is 17.8 Å². The standard InChI is InChI=1S/C15H18BrN/c16-14-4-13(8-17-9-14)15-5-10-1-11(6-15)3-12(2-10)7-15/h4,8-12H,1-3,5-7H2. The third-order valence-electron chi connectivity index (χ3n) is 5.36. The van der Waals surface area contributed by atoms with Gasteiger partial charge in [0.15, 0.2) is 0 Å². The summed E-state index contributed by atoms with van der Waals surface area (Å²) < 4.78 is 1.14. The zero-order chi connectivity index (χ0) is 11.5. The van der Waals surface area contributed by atoms with E-state index in [9.17, 15) is 0 Å². The Morgan fingerprint density at radius 2 is 1.59 bits per heavy atom. The summed E-state index contributed by atoms with van der Waals surface area (Å²) in [6, 6.07) is 2.32. The summed E-state index contributed by atoms with van der Waals surface area (Å²) in [6.45, 7) is 0. The second kappa shape index (κ2) is 3.57. The normalized spacial score (nSPS) is 43.0. The topological polar surface area (TPSA) is 12.9 Å². The average molecular weight is 292 g/mol. The zero-order valence-electron chi connectivity index (χ0n) is 10.0. The molecule has 90 valence electrons. The number of nitrogens with zero attached hydrogens (tertiary/aromatic N) is 1. The molecule has 0 spiro atoms. The molecule has 0 saturated heterocycles. The summed E-state index contributed by atoms with van der Waals surface area (Å²) in [7, 11) is 0. The van der Waals surface area contributed by atoms with Crippen LogP contribution in [-0.4, -0.2) is 4.98 Å². The van der Waals surface area contributed by atoms with Gasteiger partial charge in [0, 0.05) is 16.9 Å². The Hall–Kier alpha value is -0.370. The highest BCUT2D eigenvalue weighted by molar-refractivity contribution is 9.10. The van der Waals surface area contributed by atoms with E-state index in [1.54, 1.807) is 0 Å². The zero-order valence-corrected chi connectivity index (χ0v) is 11.6. The quantitative estimate of drug-likeness (QED) is 0.751. The Morgan fingerprint density at radius 1 is 1.00 bits per heavy atom. The van der Waals surface area contributed by atoms with Crippen LogP contribution >= 0.6 is 15.9 Å². The van der Waals surface area contributed by atoms with E-state index in [1.807, 2.05) is 6.20 Å². The van der Waals surface area contributed by atoms with Crippen LogP contribution < -0.4 is 0 Å². The maximum Gasteiger partial charge on any atom is 0.0410 e. The lowest BCUT2D eigenvalue weighted by Gasteiger charge is -2.57. The van der Waals surface area contributed by atoms with Crippen molar-refractivity contribution < 1.29 is 0 Å². The molecule has 17 heavy (non-hydrogen) atoms. The van der Waals surface area contributed by atoms with Gasteiger partial charge in [0.05, 0.1) is 0 Å². The van der Waals surface area contributed by atoms with Crippen molar-refractivity contribution in [1.82, 2.24) is 4.98 Å². The predicted molar refractivity (Wildman–Crippen MR) is 71.8 cm³/mol. The fourth-order valence-electron chi connectivity index (χ4n) is 5.17. The van der Waals surface area contributed by atoms with Crippen LogP contribution in [0.5, 0.6) is 0 Å². The smallest absolute Gasteiger partial charge is 0.0410 e. The molecule has 0 amide bonds. The summed E-state index contributed by atoms with van der Waals surface area (Å²) in [5.41, 5.74) is 2.00. The second-order valence-electron chi connectivity index (χ2n) is 6.59. The summed E-state index contributed by atoms with van der Waals surface area (Å²) in [4.78, 5) is 4.39. The summed E-state index contributed by atoms with van der Waals surface area (Å²) >= 11 is 3.58. The number of pyridine rings is 1. The van der Waals surface area contributed by atoms with E-state index in [4.69, 9.17) is 0 Å². The summed E-state index contributed by atoms with van der Waals surface area (Å²) in [5, 5.41) is 0. The minimum Gasteiger partial charge on any atom is -0.263 e. The van der Waals surface area contributed by atoms with E-state index >= 15 is 0 Å². The van der Waals surface area contributed by atoms with Crippen molar-refractivity contribution in [3.05, 3.63) is 28.5 Å². The van der Waals surface area contributed by atoms with Gasteiger partial charge in [-0.2, -0.15) is 0 Å². The number of hydrogen-bond acceptors (Lipinski definition) is 1. The first kappa shape index (κ1) is 10.5. The van der Waals surface area contributed by atoms with E-state index in [-0.39, 0.29) is 0 Å². The number of rotatable bonds is 1. The lowest BCUT2D eigenvalue weighted by Crippen LogP contribution is -2.48. The van der Waals surface area contributed by atoms with Crippen LogP contribution in [0.4, 0.5) is 0 Å². The van der Waals surface area contributed by atoms with Gasteiger partial charge in [0.25, 0.3) is 0 Å². The van der Waals surface area contributed by atoms with Crippen molar-refractivity contribution in [2.45, 2.75) is 43.9 Å². The van der Waals surface area contributed by atoms with Crippen LogP contribution in [0.1, 0.15) is 44.1 Å². The largest absolute Gasteiger partial charge is 0.263 e. The molecule has 1 heterocycles. The van der Waals surface area contributed by atoms with Crippen LogP contribution in [0.3, 0.4) is 0 Å². The minimum atomic E-state index is 0.492. The van der Waals surface area contributed by atoms with Crippen LogP contribution in [0.2, 0.25) is 0 Å². The lowest BCUT2D eigenvalue weighted by molar-refractivity contribution is -0.00536. The molecule has 1 nitrogen and oxygen atoms in total. The van der Waals surface area contributed by atoms with Crippen LogP contribution in [0.15, 0.2) is 22.9 Å². The van der Waals surface area contributed by atoms with Gasteiger partial charge < -0.3 is 0 Å². The van der Waals surface area contributed by atoms with Crippen molar-refractivity contribution >= 4 is 15.9 Å². The third kappa shape index (κ3) is 1.60. The SMILES string of the molecule is Brc1cncc(C23CC4CC(CC(C4)C2)C3)c1. The van der Waals surface area contributed by atoms with E-state index in [2.05, 4.69) is 33.2 Å². The van der Waals surface area contributed by atoms with Gasteiger partial charge in [-0.15, -0.1) is 0 Å². The van der Waals surface area contributed by atoms with Gasteiger partial charge in [-0.1, -0.05) is 0 Å². The van der Waals surface area contributed by atoms with E-state index in [0.29, 0.717) is 5.41 Å². The molecule has 1 aromatic heterocycles. The highest BCUT2D eigenvalue weighted by atomic mass is 79.9. The van der Waals surface area contributed by atoms with Crippen molar-refractivity contribution in [3.63, 3.8) is 0 Å². The summed E-state index contributed by atoms with van der Waals surface area (Å²) in [5.74, 6) is 3.04. The third-order valence-corrected chi connectivity index (χ3v) is 5.79. The molecule has 0 unspecified atom stereocenters. The highest BCUT2D eigenvalue weighted by Crippen LogP contribution is 2.60. The van der Waals surface area contributed by atoms with Crippen LogP contribution in [0.25, 0.3) is 0 Å². The summed E-state index contributed by atoms with van der Waals surface area (Å²) in [6.07, 6.45) is 12.9. The molecule has 4 bridgehead atoms. The molecule has 0 atom stereocenters. The fourth-order valence-corrected chi connectivity index (χ4v) is 5.53. The average Bonchev–Trinajstić information content (AvgIpc) is 2.27. The van der Waals surface area contributed by atoms with Gasteiger partial charge in [-0.3, -0.25) is 4.98 Å². The fraction of sp³-hybridized carbons (Fsp3) is 0.667. The Balaban J connectivity index is 1.77. The maximum atomic E-state index is 4.39. The van der Waals surface area contributed by atoms with Crippen LogP contribution in [-0.2, 0) is 5.41 Å². The molecule has 5 rings (SSSR count). The first-order valence-corrected chi connectivity index (χ1v) is 7.64. The molecule has 0 radical (unpaired) electrons. The monoisotopic (exact) mass is 291 g/mol. The first-order chi connectivity index (χ1) is 8.23. The van der Waals surface area contributed by atoms with E-state index in [1.165, 1.54) is 44.1 Å². The maximum absolute atomic E-state index is 4.39. The van der Waals surface area contributed by atoms with Crippen molar-refractivity contribution in [2.24, 2.45) is 17.8 Å². The number of halogens is 1. The molecule has 0 aromatic carbocycles. The molecule has 4 saturated carbocycles. The number of hydrogen-bond donors (Lipinski definition) is 0. The highest BCUT2D eigenvalue weighted by Gasteiger charge is 2.51. The minimum absolute atomic E-state index is 0.492. The van der Waals surface area contributed by atoms with Gasteiger partial charge in [0.2, 0.25) is 0 Å². The molecule has 4 fully saturated rings. The Bertz CT molecular complexity index is 419. The Kier molecular flexibility index (Phi) is 2.21. The molecule has 1 aromatic rings. The molecule has 2 heteroatoms. The van der Waals surface area contributed by atoms with Gasteiger partial charge in [-0.05, 0) is 89.3 Å².